The van der Waals surface area contributed by atoms with Gasteiger partial charge in [-0.3, -0.25) is 4.79 Å². The molecule has 0 bridgehead atoms. The van der Waals surface area contributed by atoms with Crippen LogP contribution in [0.3, 0.4) is 0 Å². The van der Waals surface area contributed by atoms with Crippen LogP contribution in [-0.4, -0.2) is 24.3 Å². The van der Waals surface area contributed by atoms with E-state index in [9.17, 15) is 4.79 Å². The summed E-state index contributed by atoms with van der Waals surface area (Å²) in [5.41, 5.74) is -1.17. The van der Waals surface area contributed by atoms with Gasteiger partial charge in [-0.1, -0.05) is 65.8 Å². The van der Waals surface area contributed by atoms with E-state index in [1.54, 1.807) is 7.11 Å². The zero-order valence-corrected chi connectivity index (χ0v) is 11.9. The third kappa shape index (κ3) is 10.0. The average Bonchev–Trinajstić information content (AvgIpc) is 2.13. The number of carbonyl (C=O) groups is 1. The Morgan fingerprint density at radius 3 is 1.26 bits per heavy atom. The maximum Gasteiger partial charge on any atom is 0.303 e. The van der Waals surface area contributed by atoms with Gasteiger partial charge in [0.25, 0.3) is 0 Å². The summed E-state index contributed by atoms with van der Waals surface area (Å²) < 4.78 is 11.0. The minimum atomic E-state index is -0.562. The highest BCUT2D eigenvalue weighted by Crippen LogP contribution is 2.47. The van der Waals surface area contributed by atoms with Crippen molar-refractivity contribution in [2.75, 3.05) is 7.11 Å². The highest BCUT2D eigenvalue weighted by atomic mass is 16.6. The number of hydrogen-bond donors (Lipinski definition) is 0. The second-order valence-corrected chi connectivity index (χ2v) is 5.50. The first kappa shape index (κ1) is 49.5. The predicted octanol–water partition coefficient (Wildman–Crippen LogP) is 7.62. The van der Waals surface area contributed by atoms with E-state index in [1.807, 2.05) is 27.7 Å². The van der Waals surface area contributed by atoms with Crippen molar-refractivity contribution in [1.82, 2.24) is 0 Å². The fourth-order valence-corrected chi connectivity index (χ4v) is 2.27. The van der Waals surface area contributed by atoms with Gasteiger partial charge in [-0.2, -0.15) is 0 Å². The third-order valence-electron chi connectivity index (χ3n) is 4.27. The predicted molar refractivity (Wildman–Crippen MR) is 112 cm³/mol. The van der Waals surface area contributed by atoms with Gasteiger partial charge in [0.15, 0.2) is 0 Å². The first-order valence-corrected chi connectivity index (χ1v) is 5.79. The van der Waals surface area contributed by atoms with Crippen molar-refractivity contribution in [3.05, 3.63) is 0 Å². The zero-order valence-electron chi connectivity index (χ0n) is 11.9. The largest absolute Gasteiger partial charge is 0.459 e. The number of carbonyl (C=O) groups excluding carboxylic acids is 1. The topological polar surface area (TPSA) is 35.5 Å². The molecule has 0 amide bonds. The Bertz CT molecular complexity index is 258. The van der Waals surface area contributed by atoms with E-state index in [-0.39, 0.29) is 69.0 Å². The molecule has 152 valence electrons. The Balaban J connectivity index is -0.0000000536. The van der Waals surface area contributed by atoms with Crippen molar-refractivity contribution in [3.63, 3.8) is 0 Å². The summed E-state index contributed by atoms with van der Waals surface area (Å²) in [7, 11) is 1.69. The van der Waals surface area contributed by atoms with Crippen molar-refractivity contribution >= 4 is 5.97 Å². The molecule has 0 aliphatic rings. The molecular formula is C20H54O3. The summed E-state index contributed by atoms with van der Waals surface area (Å²) in [5, 5.41) is 0. The van der Waals surface area contributed by atoms with Crippen molar-refractivity contribution < 1.29 is 14.3 Å². The van der Waals surface area contributed by atoms with E-state index in [1.165, 1.54) is 6.92 Å². The van der Waals surface area contributed by atoms with Gasteiger partial charge >= 0.3 is 5.97 Å². The lowest BCUT2D eigenvalue weighted by molar-refractivity contribution is -0.201. The van der Waals surface area contributed by atoms with Crippen LogP contribution in [0.5, 0.6) is 0 Å². The Hall–Kier alpha value is -0.570. The minimum absolute atomic E-state index is 0. The number of rotatable bonds is 5. The van der Waals surface area contributed by atoms with E-state index in [0.29, 0.717) is 0 Å². The van der Waals surface area contributed by atoms with Crippen LogP contribution in [0.2, 0.25) is 0 Å². The molecule has 0 saturated heterocycles. The molecular weight excluding hydrogens is 288 g/mol. The van der Waals surface area contributed by atoms with Crippen molar-refractivity contribution in [2.24, 2.45) is 5.41 Å². The zero-order chi connectivity index (χ0) is 13.2. The van der Waals surface area contributed by atoms with Crippen LogP contribution < -0.4 is 0 Å². The normalized spacial score (nSPS) is 11.7. The Kier molecular flexibility index (Phi) is 35.0. The van der Waals surface area contributed by atoms with Crippen LogP contribution in [0.15, 0.2) is 0 Å². The standard InChI is InChI=1S/C13H26O3.7CH4/c1-9-13(7,11(3,4)15-8)12(5,6)16-10(2)14;;;;;;;/h9H2,1-8H3;7*1H4. The minimum Gasteiger partial charge on any atom is -0.459 e. The van der Waals surface area contributed by atoms with Gasteiger partial charge in [-0.25, -0.2) is 0 Å². The van der Waals surface area contributed by atoms with Gasteiger partial charge in [0.1, 0.15) is 5.60 Å². The van der Waals surface area contributed by atoms with Gasteiger partial charge in [0.05, 0.1) is 5.60 Å². The number of ether oxygens (including phenoxy) is 2. The summed E-state index contributed by atoms with van der Waals surface area (Å²) in [4.78, 5) is 11.2. The summed E-state index contributed by atoms with van der Waals surface area (Å²) in [6.45, 7) is 13.6. The second-order valence-electron chi connectivity index (χ2n) is 5.50. The third-order valence-corrected chi connectivity index (χ3v) is 4.27. The first-order chi connectivity index (χ1) is 7.04. The molecule has 1 atom stereocenters. The van der Waals surface area contributed by atoms with Crippen molar-refractivity contribution in [2.45, 2.75) is 118 Å². The molecule has 0 aromatic carbocycles. The van der Waals surface area contributed by atoms with Crippen LogP contribution in [0.1, 0.15) is 107 Å². The van der Waals surface area contributed by atoms with Gasteiger partial charge in [0, 0.05) is 19.4 Å². The number of hydrogen-bond acceptors (Lipinski definition) is 3. The molecule has 0 saturated carbocycles. The molecule has 0 fully saturated rings. The average molecular weight is 343 g/mol. The van der Waals surface area contributed by atoms with Crippen LogP contribution >= 0.6 is 0 Å². The number of esters is 1. The van der Waals surface area contributed by atoms with E-state index in [2.05, 4.69) is 13.8 Å². The fourth-order valence-electron chi connectivity index (χ4n) is 2.27. The summed E-state index contributed by atoms with van der Waals surface area (Å²) >= 11 is 0. The smallest absolute Gasteiger partial charge is 0.303 e. The monoisotopic (exact) mass is 342 g/mol. The van der Waals surface area contributed by atoms with E-state index in [0.717, 1.165) is 6.42 Å². The molecule has 23 heavy (non-hydrogen) atoms. The Labute approximate surface area is 151 Å². The fraction of sp³-hybridized carbons (Fsp3) is 0.950. The lowest BCUT2D eigenvalue weighted by Gasteiger charge is -2.51. The van der Waals surface area contributed by atoms with Gasteiger partial charge in [0.2, 0.25) is 0 Å². The molecule has 0 radical (unpaired) electrons. The SMILES string of the molecule is C.C.C.C.C.C.C.CCC(C)(C(C)(C)OC)C(C)(C)OC(C)=O. The maximum absolute atomic E-state index is 11.2. The first-order valence-electron chi connectivity index (χ1n) is 5.79. The molecule has 0 rings (SSSR count). The van der Waals surface area contributed by atoms with Crippen LogP contribution in [0.25, 0.3) is 0 Å². The second kappa shape index (κ2) is 16.3. The maximum atomic E-state index is 11.2. The molecule has 0 heterocycles. The summed E-state index contributed by atoms with van der Waals surface area (Å²) in [6, 6.07) is 0. The van der Waals surface area contributed by atoms with Crippen molar-refractivity contribution in [3.8, 4) is 0 Å². The molecule has 0 N–H and O–H groups in total. The Morgan fingerprint density at radius 2 is 1.09 bits per heavy atom. The molecule has 0 aromatic rings. The van der Waals surface area contributed by atoms with Crippen LogP contribution in [-0.2, 0) is 14.3 Å². The van der Waals surface area contributed by atoms with Crippen LogP contribution in [0, 0.1) is 5.41 Å². The van der Waals surface area contributed by atoms with Gasteiger partial charge in [-0.05, 0) is 34.1 Å². The molecule has 0 spiro atoms. The quantitative estimate of drug-likeness (QED) is 0.482. The lowest BCUT2D eigenvalue weighted by Crippen LogP contribution is -2.57. The molecule has 0 aliphatic carbocycles. The molecule has 0 aromatic heterocycles. The van der Waals surface area contributed by atoms with Crippen LogP contribution in [0.4, 0.5) is 0 Å². The Morgan fingerprint density at radius 1 is 0.783 bits per heavy atom. The molecule has 1 unspecified atom stereocenters. The van der Waals surface area contributed by atoms with Gasteiger partial charge < -0.3 is 9.47 Å². The van der Waals surface area contributed by atoms with Gasteiger partial charge in [-0.15, -0.1) is 0 Å². The number of methoxy groups -OCH3 is 1. The summed E-state index contributed by atoms with van der Waals surface area (Å²) in [6.07, 6.45) is 0.869. The highest BCUT2D eigenvalue weighted by molar-refractivity contribution is 5.66. The van der Waals surface area contributed by atoms with E-state index >= 15 is 0 Å². The highest BCUT2D eigenvalue weighted by Gasteiger charge is 2.52. The summed E-state index contributed by atoms with van der Waals surface area (Å²) in [5.74, 6) is -0.253. The lowest BCUT2D eigenvalue weighted by atomic mass is 9.63. The molecule has 0 aliphatic heterocycles. The molecule has 3 heteroatoms. The van der Waals surface area contributed by atoms with E-state index in [4.69, 9.17) is 9.47 Å². The van der Waals surface area contributed by atoms with Crippen molar-refractivity contribution in [1.29, 1.82) is 0 Å². The van der Waals surface area contributed by atoms with E-state index < -0.39 is 5.60 Å². The molecule has 3 nitrogen and oxygen atoms in total.